The van der Waals surface area contributed by atoms with Gasteiger partial charge in [0.05, 0.1) is 26.2 Å². The van der Waals surface area contributed by atoms with Gasteiger partial charge >= 0.3 is 0 Å². The van der Waals surface area contributed by atoms with Crippen molar-refractivity contribution in [1.82, 2.24) is 4.90 Å². The van der Waals surface area contributed by atoms with Crippen molar-refractivity contribution in [1.29, 1.82) is 0 Å². The van der Waals surface area contributed by atoms with Gasteiger partial charge in [0.2, 0.25) is 5.91 Å². The van der Waals surface area contributed by atoms with Crippen molar-refractivity contribution >= 4 is 17.5 Å². The van der Waals surface area contributed by atoms with Crippen LogP contribution in [0.15, 0.2) is 24.3 Å². The third kappa shape index (κ3) is 4.03. The predicted molar refractivity (Wildman–Crippen MR) is 72.8 cm³/mol. The highest BCUT2D eigenvalue weighted by atomic mass is 19.1. The van der Waals surface area contributed by atoms with Gasteiger partial charge in [-0.15, -0.1) is 0 Å². The van der Waals surface area contributed by atoms with Gasteiger partial charge in [-0.3, -0.25) is 9.59 Å². The Bertz CT molecular complexity index is 482. The monoisotopic (exact) mass is 280 g/mol. The van der Waals surface area contributed by atoms with E-state index in [-0.39, 0.29) is 17.6 Å². The van der Waals surface area contributed by atoms with E-state index in [2.05, 4.69) is 5.32 Å². The molecule has 108 valence electrons. The van der Waals surface area contributed by atoms with Crippen molar-refractivity contribution in [2.75, 3.05) is 38.0 Å². The number of piperazine rings is 1. The second-order valence-electron chi connectivity index (χ2n) is 4.99. The molecule has 6 heteroatoms. The molecule has 20 heavy (non-hydrogen) atoms. The Hall–Kier alpha value is -1.95. The summed E-state index contributed by atoms with van der Waals surface area (Å²) in [5.41, 5.74) is 0.596. The summed E-state index contributed by atoms with van der Waals surface area (Å²) in [6.45, 7) is 4.85. The zero-order valence-corrected chi connectivity index (χ0v) is 11.5. The summed E-state index contributed by atoms with van der Waals surface area (Å²) in [4.78, 5) is 26.0. The van der Waals surface area contributed by atoms with Crippen molar-refractivity contribution in [3.05, 3.63) is 30.1 Å². The number of hydrogen-bond donors (Lipinski definition) is 2. The quantitative estimate of drug-likeness (QED) is 0.785. The van der Waals surface area contributed by atoms with Crippen molar-refractivity contribution in [3.8, 4) is 0 Å². The molecule has 0 unspecified atom stereocenters. The number of anilines is 1. The maximum atomic E-state index is 12.7. The van der Waals surface area contributed by atoms with Crippen LogP contribution in [0.25, 0.3) is 0 Å². The highest BCUT2D eigenvalue weighted by molar-refractivity contribution is 5.91. The molecule has 0 spiro atoms. The van der Waals surface area contributed by atoms with Crippen LogP contribution in [0.2, 0.25) is 0 Å². The lowest BCUT2D eigenvalue weighted by Gasteiger charge is -2.31. The summed E-state index contributed by atoms with van der Waals surface area (Å²) >= 11 is 0. The van der Waals surface area contributed by atoms with Gasteiger partial charge in [-0.2, -0.15) is 0 Å². The molecule has 0 aromatic heterocycles. The van der Waals surface area contributed by atoms with Gasteiger partial charge in [0.25, 0.3) is 5.91 Å². The predicted octanol–water partition coefficient (Wildman–Crippen LogP) is -0.489. The number of benzene rings is 1. The Kier molecular flexibility index (Phi) is 4.68. The molecular formula is C14H19FN3O2+. The highest BCUT2D eigenvalue weighted by Crippen LogP contribution is 2.07. The lowest BCUT2D eigenvalue weighted by molar-refractivity contribution is -0.895. The van der Waals surface area contributed by atoms with Crippen LogP contribution >= 0.6 is 0 Å². The van der Waals surface area contributed by atoms with Gasteiger partial charge in [0.1, 0.15) is 5.82 Å². The van der Waals surface area contributed by atoms with Crippen LogP contribution in [-0.4, -0.2) is 49.4 Å². The number of rotatable bonds is 3. The Labute approximate surface area is 117 Å². The number of amides is 2. The Morgan fingerprint density at radius 1 is 1.25 bits per heavy atom. The van der Waals surface area contributed by atoms with Gasteiger partial charge in [-0.05, 0) is 24.3 Å². The average molecular weight is 280 g/mol. The first-order valence-corrected chi connectivity index (χ1v) is 6.69. The van der Waals surface area contributed by atoms with Crippen molar-refractivity contribution < 1.29 is 18.9 Å². The molecule has 2 N–H and O–H groups in total. The fourth-order valence-electron chi connectivity index (χ4n) is 2.28. The first-order chi connectivity index (χ1) is 9.54. The van der Waals surface area contributed by atoms with Crippen LogP contribution in [0.4, 0.5) is 10.1 Å². The van der Waals surface area contributed by atoms with Crippen LogP contribution in [-0.2, 0) is 9.59 Å². The minimum atomic E-state index is -0.325. The standard InChI is InChI=1S/C14H18FN3O2/c1-11(19)18-8-6-17(7-9-18)10-14(20)16-13-4-2-12(15)3-5-13/h2-5H,6-10H2,1H3,(H,16,20)/p+1. The average Bonchev–Trinajstić information content (AvgIpc) is 2.42. The first kappa shape index (κ1) is 14.5. The summed E-state index contributed by atoms with van der Waals surface area (Å²) in [6.07, 6.45) is 0. The van der Waals surface area contributed by atoms with Gasteiger partial charge in [0.15, 0.2) is 6.54 Å². The van der Waals surface area contributed by atoms with E-state index in [4.69, 9.17) is 0 Å². The lowest BCUT2D eigenvalue weighted by atomic mass is 10.3. The zero-order chi connectivity index (χ0) is 14.5. The van der Waals surface area contributed by atoms with Crippen molar-refractivity contribution in [3.63, 3.8) is 0 Å². The number of hydrogen-bond acceptors (Lipinski definition) is 2. The Morgan fingerprint density at radius 3 is 2.40 bits per heavy atom. The molecule has 2 rings (SSSR count). The Morgan fingerprint density at radius 2 is 1.85 bits per heavy atom. The summed E-state index contributed by atoms with van der Waals surface area (Å²) in [7, 11) is 0. The number of carbonyl (C=O) groups is 2. The van der Waals surface area contributed by atoms with E-state index in [1.54, 1.807) is 11.8 Å². The first-order valence-electron chi connectivity index (χ1n) is 6.69. The Balaban J connectivity index is 1.78. The van der Waals surface area contributed by atoms with Gasteiger partial charge in [-0.25, -0.2) is 4.39 Å². The number of nitrogens with one attached hydrogen (secondary N) is 2. The van der Waals surface area contributed by atoms with E-state index in [1.165, 1.54) is 24.3 Å². The van der Waals surface area contributed by atoms with Crippen molar-refractivity contribution in [2.24, 2.45) is 0 Å². The molecule has 1 saturated heterocycles. The van der Waals surface area contributed by atoms with Crippen LogP contribution in [0.1, 0.15) is 6.92 Å². The molecule has 5 nitrogen and oxygen atoms in total. The molecule has 0 saturated carbocycles. The van der Waals surface area contributed by atoms with Crippen LogP contribution < -0.4 is 10.2 Å². The lowest BCUT2D eigenvalue weighted by Crippen LogP contribution is -3.15. The van der Waals surface area contributed by atoms with E-state index in [9.17, 15) is 14.0 Å². The third-order valence-corrected chi connectivity index (χ3v) is 3.45. The maximum absolute atomic E-state index is 12.7. The van der Waals surface area contributed by atoms with E-state index >= 15 is 0 Å². The fraction of sp³-hybridized carbons (Fsp3) is 0.429. The van der Waals surface area contributed by atoms with Crippen molar-refractivity contribution in [2.45, 2.75) is 6.92 Å². The molecule has 0 bridgehead atoms. The number of quaternary nitrogens is 1. The molecular weight excluding hydrogens is 261 g/mol. The molecule has 0 atom stereocenters. The molecule has 0 aliphatic carbocycles. The topological polar surface area (TPSA) is 53.9 Å². The van der Waals surface area contributed by atoms with Gasteiger partial charge < -0.3 is 15.1 Å². The van der Waals surface area contributed by atoms with E-state index in [1.807, 2.05) is 0 Å². The van der Waals surface area contributed by atoms with Crippen LogP contribution in [0.5, 0.6) is 0 Å². The molecule has 1 aliphatic rings. The SMILES string of the molecule is CC(=O)N1CC[NH+](CC(=O)Nc2ccc(F)cc2)CC1. The molecule has 1 heterocycles. The number of halogens is 1. The molecule has 1 aromatic carbocycles. The summed E-state index contributed by atoms with van der Waals surface area (Å²) in [5.74, 6) is -0.336. The van der Waals surface area contributed by atoms with Gasteiger partial charge in [-0.1, -0.05) is 0 Å². The fourth-order valence-corrected chi connectivity index (χ4v) is 2.28. The smallest absolute Gasteiger partial charge is 0.279 e. The van der Waals surface area contributed by atoms with E-state index < -0.39 is 0 Å². The van der Waals surface area contributed by atoms with Crippen LogP contribution in [0.3, 0.4) is 0 Å². The molecule has 1 aliphatic heterocycles. The normalized spacial score (nSPS) is 16.0. The summed E-state index contributed by atoms with van der Waals surface area (Å²) in [5, 5.41) is 2.74. The van der Waals surface area contributed by atoms with Crippen LogP contribution in [0, 0.1) is 5.82 Å². The van der Waals surface area contributed by atoms with E-state index in [0.29, 0.717) is 25.3 Å². The molecule has 2 amide bonds. The minimum Gasteiger partial charge on any atom is -0.332 e. The minimum absolute atomic E-state index is 0.0832. The highest BCUT2D eigenvalue weighted by Gasteiger charge is 2.23. The second kappa shape index (κ2) is 6.47. The largest absolute Gasteiger partial charge is 0.332 e. The molecule has 1 fully saturated rings. The summed E-state index contributed by atoms with van der Waals surface area (Å²) < 4.78 is 12.7. The number of nitrogens with zero attached hydrogens (tertiary/aromatic N) is 1. The molecule has 1 aromatic rings. The second-order valence-corrected chi connectivity index (χ2v) is 4.99. The zero-order valence-electron chi connectivity index (χ0n) is 11.5. The van der Waals surface area contributed by atoms with Gasteiger partial charge in [0, 0.05) is 12.6 Å². The summed E-state index contributed by atoms with van der Waals surface area (Å²) in [6, 6.07) is 5.70. The molecule has 0 radical (unpaired) electrons. The maximum Gasteiger partial charge on any atom is 0.279 e. The third-order valence-electron chi connectivity index (χ3n) is 3.45. The van der Waals surface area contributed by atoms with E-state index in [0.717, 1.165) is 18.0 Å². The number of carbonyl (C=O) groups excluding carboxylic acids is 2.